The van der Waals surface area contributed by atoms with Crippen molar-refractivity contribution in [1.29, 1.82) is 0 Å². The maximum atomic E-state index is 13.9. The number of nitrogen functional groups attached to an aromatic ring is 1. The summed E-state index contributed by atoms with van der Waals surface area (Å²) in [6, 6.07) is 4.50. The minimum absolute atomic E-state index is 0.00838. The molecule has 8 nitrogen and oxygen atoms in total. The second-order valence-electron chi connectivity index (χ2n) is 9.62. The monoisotopic (exact) mass is 483 g/mol. The maximum Gasteiger partial charge on any atom is 0.416 e. The third-order valence-electron chi connectivity index (χ3n) is 7.19. The van der Waals surface area contributed by atoms with E-state index in [2.05, 4.69) is 20.4 Å². The summed E-state index contributed by atoms with van der Waals surface area (Å²) in [5.41, 5.74) is 7.09. The van der Waals surface area contributed by atoms with E-state index in [1.807, 2.05) is 11.0 Å². The van der Waals surface area contributed by atoms with Gasteiger partial charge in [0.1, 0.15) is 11.6 Å². The van der Waals surface area contributed by atoms with Crippen LogP contribution in [0.5, 0.6) is 0 Å². The third-order valence-corrected chi connectivity index (χ3v) is 7.19. The summed E-state index contributed by atoms with van der Waals surface area (Å²) in [5.74, 6) is 1.64. The van der Waals surface area contributed by atoms with Crippen molar-refractivity contribution < 1.29 is 18.0 Å². The summed E-state index contributed by atoms with van der Waals surface area (Å²) in [6.07, 6.45) is 2.15. The highest BCUT2D eigenvalue weighted by atomic mass is 19.4. The second-order valence-corrected chi connectivity index (χ2v) is 9.62. The number of nitrogens with one attached hydrogen (secondary N) is 1. The number of hydrogen-bond donors (Lipinski definition) is 2. The molecule has 1 aliphatic heterocycles. The van der Waals surface area contributed by atoms with Crippen molar-refractivity contribution in [2.45, 2.75) is 38.0 Å². The summed E-state index contributed by atoms with van der Waals surface area (Å²) in [6.45, 7) is 1.39. The molecule has 3 atom stereocenters. The number of amides is 1. The van der Waals surface area contributed by atoms with Crippen LogP contribution in [0.2, 0.25) is 0 Å². The van der Waals surface area contributed by atoms with Gasteiger partial charge < -0.3 is 16.0 Å². The van der Waals surface area contributed by atoms with Gasteiger partial charge in [-0.05, 0) is 48.8 Å². The quantitative estimate of drug-likeness (QED) is 0.578. The van der Waals surface area contributed by atoms with Gasteiger partial charge in [-0.2, -0.15) is 18.3 Å². The van der Waals surface area contributed by atoms with Crippen LogP contribution in [0.3, 0.4) is 0 Å². The first-order chi connectivity index (χ1) is 16.7. The van der Waals surface area contributed by atoms with E-state index in [-0.39, 0.29) is 29.6 Å². The number of rotatable bonds is 5. The molecule has 2 unspecified atom stereocenters. The topological polar surface area (TPSA) is 102 Å². The van der Waals surface area contributed by atoms with Crippen molar-refractivity contribution >= 4 is 17.5 Å². The second kappa shape index (κ2) is 7.96. The van der Waals surface area contributed by atoms with Gasteiger partial charge in [0.15, 0.2) is 0 Å². The number of carbonyl (C=O) groups excluding carboxylic acids is 1. The van der Waals surface area contributed by atoms with E-state index >= 15 is 0 Å². The summed E-state index contributed by atoms with van der Waals surface area (Å²) in [4.78, 5) is 23.3. The lowest BCUT2D eigenvalue weighted by Crippen LogP contribution is -2.26. The average molecular weight is 483 g/mol. The highest BCUT2D eigenvalue weighted by Crippen LogP contribution is 2.46. The number of pyridine rings is 2. The van der Waals surface area contributed by atoms with Crippen LogP contribution in [0.1, 0.15) is 51.6 Å². The molecular weight excluding hydrogens is 459 g/mol. The van der Waals surface area contributed by atoms with Gasteiger partial charge in [-0.25, -0.2) is 9.97 Å². The normalized spacial score (nSPS) is 22.7. The van der Waals surface area contributed by atoms with Crippen LogP contribution in [0.25, 0.3) is 0 Å². The van der Waals surface area contributed by atoms with Crippen molar-refractivity contribution in [3.8, 4) is 0 Å². The molecule has 11 heteroatoms. The minimum Gasteiger partial charge on any atom is -0.384 e. The number of anilines is 2. The Morgan fingerprint density at radius 1 is 1.20 bits per heavy atom. The van der Waals surface area contributed by atoms with Crippen molar-refractivity contribution in [3.05, 3.63) is 64.7 Å². The first-order valence-electron chi connectivity index (χ1n) is 11.6. The minimum atomic E-state index is -4.52. The number of carbonyl (C=O) groups is 1. The van der Waals surface area contributed by atoms with Crippen molar-refractivity contribution in [1.82, 2.24) is 25.1 Å². The Morgan fingerprint density at radius 2 is 2.00 bits per heavy atom. The number of nitrogens with two attached hydrogens (primary N) is 1. The highest BCUT2D eigenvalue weighted by molar-refractivity contribution is 5.94. The van der Waals surface area contributed by atoms with Crippen molar-refractivity contribution in [2.24, 2.45) is 11.8 Å². The Labute approximate surface area is 199 Å². The van der Waals surface area contributed by atoms with E-state index in [0.29, 0.717) is 36.3 Å². The highest BCUT2D eigenvalue weighted by Gasteiger charge is 2.46. The Kier molecular flexibility index (Phi) is 4.97. The molecule has 2 fully saturated rings. The van der Waals surface area contributed by atoms with Gasteiger partial charge in [-0.3, -0.25) is 9.48 Å². The smallest absolute Gasteiger partial charge is 0.384 e. The Balaban J connectivity index is 1.17. The molecule has 182 valence electrons. The summed E-state index contributed by atoms with van der Waals surface area (Å²) < 4.78 is 42.9. The fourth-order valence-corrected chi connectivity index (χ4v) is 5.24. The lowest BCUT2D eigenvalue weighted by atomic mass is 10.1. The van der Waals surface area contributed by atoms with Gasteiger partial charge in [0.2, 0.25) is 0 Å². The Hall–Kier alpha value is -3.63. The van der Waals surface area contributed by atoms with E-state index in [0.717, 1.165) is 36.8 Å². The van der Waals surface area contributed by atoms with E-state index in [1.165, 1.54) is 23.3 Å². The lowest BCUT2D eigenvalue weighted by Gasteiger charge is -2.21. The van der Waals surface area contributed by atoms with E-state index in [1.54, 1.807) is 6.07 Å². The zero-order valence-electron chi connectivity index (χ0n) is 18.8. The van der Waals surface area contributed by atoms with E-state index in [9.17, 15) is 18.0 Å². The van der Waals surface area contributed by atoms with Crippen LogP contribution in [0.15, 0.2) is 36.8 Å². The number of hydrogen-bond acceptors (Lipinski definition) is 6. The van der Waals surface area contributed by atoms with Gasteiger partial charge in [0.25, 0.3) is 5.91 Å². The molecule has 3 aromatic rings. The molecule has 1 saturated carbocycles. The fourth-order valence-electron chi connectivity index (χ4n) is 5.24. The fraction of sp³-hybridized carbons (Fsp3) is 0.417. The number of aromatic nitrogens is 4. The Morgan fingerprint density at radius 3 is 2.77 bits per heavy atom. The van der Waals surface area contributed by atoms with Gasteiger partial charge in [0, 0.05) is 36.7 Å². The van der Waals surface area contributed by atoms with Crippen molar-refractivity contribution in [3.63, 3.8) is 0 Å². The molecule has 2 aliphatic carbocycles. The molecule has 0 bridgehead atoms. The van der Waals surface area contributed by atoms with Crippen LogP contribution in [-0.2, 0) is 19.1 Å². The molecular formula is C24H24F3N7O. The molecule has 0 radical (unpaired) electrons. The van der Waals surface area contributed by atoms with Gasteiger partial charge in [-0.1, -0.05) is 6.07 Å². The summed E-state index contributed by atoms with van der Waals surface area (Å²) in [5, 5.41) is 7.08. The number of piperidine rings is 1. The van der Waals surface area contributed by atoms with Gasteiger partial charge in [0.05, 0.1) is 29.9 Å². The van der Waals surface area contributed by atoms with Crippen LogP contribution >= 0.6 is 0 Å². The zero-order valence-corrected chi connectivity index (χ0v) is 18.8. The number of aryl methyl sites for hydroxylation is 1. The predicted octanol–water partition coefficient (Wildman–Crippen LogP) is 3.20. The zero-order chi connectivity index (χ0) is 24.3. The number of nitrogens with zero attached hydrogens (tertiary/aromatic N) is 5. The molecule has 1 saturated heterocycles. The summed E-state index contributed by atoms with van der Waals surface area (Å²) >= 11 is 0. The number of alkyl halides is 3. The molecule has 3 aromatic heterocycles. The number of fused-ring (bicyclic) bond motifs is 2. The molecule has 35 heavy (non-hydrogen) atoms. The molecule has 4 heterocycles. The van der Waals surface area contributed by atoms with Gasteiger partial charge >= 0.3 is 6.18 Å². The van der Waals surface area contributed by atoms with Gasteiger partial charge in [-0.15, -0.1) is 0 Å². The standard InChI is InChI=1S/C24H24F3N7O/c25-24(26,27)18-6-22(33-9-13-5-14(13)10-33)29-7-15(18)11-34-12-16(8-30-34)23(35)32-20-3-2-19-17(20)1-4-21(28)31-19/h1,4,6-8,12-14,20H,2-3,5,9-11H2,(H2,28,31)(H,32,35)/t13?,14?,20-/m1/s1. The van der Waals surface area contributed by atoms with E-state index in [4.69, 9.17) is 5.73 Å². The van der Waals surface area contributed by atoms with Crippen LogP contribution in [-0.4, -0.2) is 38.7 Å². The molecule has 6 rings (SSSR count). The van der Waals surface area contributed by atoms with Crippen molar-refractivity contribution in [2.75, 3.05) is 23.7 Å². The van der Waals surface area contributed by atoms with Crippen LogP contribution in [0.4, 0.5) is 24.8 Å². The van der Waals surface area contributed by atoms with Crippen LogP contribution < -0.4 is 16.0 Å². The third kappa shape index (κ3) is 4.19. The van der Waals surface area contributed by atoms with E-state index < -0.39 is 11.7 Å². The largest absolute Gasteiger partial charge is 0.416 e. The molecule has 3 aliphatic rings. The lowest BCUT2D eigenvalue weighted by molar-refractivity contribution is -0.138. The molecule has 1 amide bonds. The molecule has 3 N–H and O–H groups in total. The first-order valence-corrected chi connectivity index (χ1v) is 11.6. The van der Waals surface area contributed by atoms with Crippen LogP contribution in [0, 0.1) is 11.8 Å². The average Bonchev–Trinajstić information content (AvgIpc) is 3.17. The molecule has 0 spiro atoms. The first kappa shape index (κ1) is 21.9. The SMILES string of the molecule is Nc1ccc2c(n1)CC[C@H]2NC(=O)c1cnn(Cc2cnc(N3CC4CC4C3)cc2C(F)(F)F)c1. The predicted molar refractivity (Wildman–Crippen MR) is 122 cm³/mol. The number of halogens is 3. The maximum absolute atomic E-state index is 13.9. The Bertz CT molecular complexity index is 1290. The molecule has 0 aromatic carbocycles. The summed E-state index contributed by atoms with van der Waals surface area (Å²) in [7, 11) is 0.